The van der Waals surface area contributed by atoms with Crippen LogP contribution in [-0.2, 0) is 0 Å². The SMILES string of the molecule is Cc1cnc(C(C)Nc2cnccc2C#N)o1. The molecule has 5 heteroatoms. The first kappa shape index (κ1) is 11.1. The number of oxazole rings is 1. The summed E-state index contributed by atoms with van der Waals surface area (Å²) in [6, 6.07) is 3.66. The van der Waals surface area contributed by atoms with E-state index in [0.717, 1.165) is 5.76 Å². The van der Waals surface area contributed by atoms with Gasteiger partial charge in [-0.2, -0.15) is 5.26 Å². The molecule has 2 rings (SSSR count). The molecule has 0 aliphatic carbocycles. The number of aryl methyl sites for hydroxylation is 1. The van der Waals surface area contributed by atoms with Gasteiger partial charge in [-0.15, -0.1) is 0 Å². The Morgan fingerprint density at radius 1 is 1.47 bits per heavy atom. The van der Waals surface area contributed by atoms with Crippen LogP contribution in [-0.4, -0.2) is 9.97 Å². The fraction of sp³-hybridized carbons (Fsp3) is 0.250. The van der Waals surface area contributed by atoms with Crippen LogP contribution < -0.4 is 5.32 Å². The molecule has 0 aliphatic rings. The van der Waals surface area contributed by atoms with Crippen molar-refractivity contribution in [2.24, 2.45) is 0 Å². The van der Waals surface area contributed by atoms with Gasteiger partial charge in [0.25, 0.3) is 0 Å². The van der Waals surface area contributed by atoms with Crippen LogP contribution in [0.25, 0.3) is 0 Å². The Balaban J connectivity index is 2.19. The molecule has 0 aliphatic heterocycles. The van der Waals surface area contributed by atoms with E-state index in [4.69, 9.17) is 9.68 Å². The van der Waals surface area contributed by atoms with Crippen LogP contribution in [0, 0.1) is 18.3 Å². The number of aromatic nitrogens is 2. The molecule has 1 unspecified atom stereocenters. The van der Waals surface area contributed by atoms with Crippen molar-refractivity contribution in [1.82, 2.24) is 9.97 Å². The first-order chi connectivity index (χ1) is 8.20. The van der Waals surface area contributed by atoms with Gasteiger partial charge in [0.15, 0.2) is 0 Å². The molecule has 0 amide bonds. The van der Waals surface area contributed by atoms with E-state index >= 15 is 0 Å². The maximum atomic E-state index is 8.95. The first-order valence-electron chi connectivity index (χ1n) is 5.23. The quantitative estimate of drug-likeness (QED) is 0.873. The Bertz CT molecular complexity index is 556. The second-order valence-electron chi connectivity index (χ2n) is 3.71. The molecule has 2 aromatic rings. The summed E-state index contributed by atoms with van der Waals surface area (Å²) >= 11 is 0. The van der Waals surface area contributed by atoms with Crippen LogP contribution >= 0.6 is 0 Å². The smallest absolute Gasteiger partial charge is 0.216 e. The van der Waals surface area contributed by atoms with E-state index in [0.29, 0.717) is 17.1 Å². The van der Waals surface area contributed by atoms with Crippen LogP contribution in [0.2, 0.25) is 0 Å². The topological polar surface area (TPSA) is 74.7 Å². The molecule has 2 aromatic heterocycles. The van der Waals surface area contributed by atoms with Crippen molar-refractivity contribution in [3.05, 3.63) is 41.9 Å². The highest BCUT2D eigenvalue weighted by Gasteiger charge is 2.12. The van der Waals surface area contributed by atoms with Crippen molar-refractivity contribution in [3.63, 3.8) is 0 Å². The lowest BCUT2D eigenvalue weighted by atomic mass is 10.2. The van der Waals surface area contributed by atoms with Crippen molar-refractivity contribution < 1.29 is 4.42 Å². The van der Waals surface area contributed by atoms with Crippen molar-refractivity contribution >= 4 is 5.69 Å². The van der Waals surface area contributed by atoms with Crippen molar-refractivity contribution in [2.45, 2.75) is 19.9 Å². The summed E-state index contributed by atoms with van der Waals surface area (Å²) in [6.45, 7) is 3.76. The molecule has 0 saturated heterocycles. The van der Waals surface area contributed by atoms with Crippen LogP contribution in [0.5, 0.6) is 0 Å². The third kappa shape index (κ3) is 2.42. The largest absolute Gasteiger partial charge is 0.444 e. The standard InChI is InChI=1S/C12H12N4O/c1-8-6-15-12(17-8)9(2)16-11-7-14-4-3-10(11)5-13/h3-4,6-7,9,16H,1-2H3. The molecule has 0 bridgehead atoms. The van der Waals surface area contributed by atoms with Gasteiger partial charge >= 0.3 is 0 Å². The molecule has 86 valence electrons. The van der Waals surface area contributed by atoms with Crippen LogP contribution in [0.3, 0.4) is 0 Å². The maximum Gasteiger partial charge on any atom is 0.216 e. The van der Waals surface area contributed by atoms with Crippen molar-refractivity contribution in [3.8, 4) is 6.07 Å². The van der Waals surface area contributed by atoms with Crippen LogP contribution in [0.15, 0.2) is 29.1 Å². The second kappa shape index (κ2) is 4.66. The van der Waals surface area contributed by atoms with Crippen molar-refractivity contribution in [1.29, 1.82) is 5.26 Å². The maximum absolute atomic E-state index is 8.95. The Morgan fingerprint density at radius 3 is 2.94 bits per heavy atom. The molecule has 5 nitrogen and oxygen atoms in total. The number of pyridine rings is 1. The highest BCUT2D eigenvalue weighted by atomic mass is 16.4. The number of nitriles is 1. The second-order valence-corrected chi connectivity index (χ2v) is 3.71. The van der Waals surface area contributed by atoms with Gasteiger partial charge < -0.3 is 9.73 Å². The summed E-state index contributed by atoms with van der Waals surface area (Å²) in [4.78, 5) is 8.12. The molecular weight excluding hydrogens is 216 g/mol. The van der Waals surface area contributed by atoms with E-state index in [1.807, 2.05) is 13.8 Å². The zero-order valence-corrected chi connectivity index (χ0v) is 9.64. The van der Waals surface area contributed by atoms with Crippen LogP contribution in [0.4, 0.5) is 5.69 Å². The molecule has 2 heterocycles. The molecule has 0 saturated carbocycles. The van der Waals surface area contributed by atoms with Crippen molar-refractivity contribution in [2.75, 3.05) is 5.32 Å². The van der Waals surface area contributed by atoms with E-state index < -0.39 is 0 Å². The highest BCUT2D eigenvalue weighted by Crippen LogP contribution is 2.20. The average Bonchev–Trinajstić information content (AvgIpc) is 2.77. The molecule has 0 fully saturated rings. The van der Waals surface area contributed by atoms with Crippen LogP contribution in [0.1, 0.15) is 30.2 Å². The fourth-order valence-corrected chi connectivity index (χ4v) is 1.47. The Labute approximate surface area is 99.1 Å². The van der Waals surface area contributed by atoms with Gasteiger partial charge in [-0.25, -0.2) is 4.98 Å². The average molecular weight is 228 g/mol. The van der Waals surface area contributed by atoms with E-state index in [2.05, 4.69) is 21.4 Å². The molecule has 0 aromatic carbocycles. The minimum absolute atomic E-state index is 0.111. The highest BCUT2D eigenvalue weighted by molar-refractivity contribution is 5.55. The number of rotatable bonds is 3. The molecule has 17 heavy (non-hydrogen) atoms. The van der Waals surface area contributed by atoms with E-state index in [-0.39, 0.29) is 6.04 Å². The van der Waals surface area contributed by atoms with Gasteiger partial charge in [-0.1, -0.05) is 0 Å². The molecular formula is C12H12N4O. The summed E-state index contributed by atoms with van der Waals surface area (Å²) in [7, 11) is 0. The van der Waals surface area contributed by atoms with E-state index in [1.54, 1.807) is 24.7 Å². The lowest BCUT2D eigenvalue weighted by molar-refractivity contribution is 0.453. The predicted octanol–water partition coefficient (Wildman–Crippen LogP) is 2.42. The minimum Gasteiger partial charge on any atom is -0.444 e. The number of anilines is 1. The molecule has 0 spiro atoms. The molecule has 1 N–H and O–H groups in total. The summed E-state index contributed by atoms with van der Waals surface area (Å²) in [6.07, 6.45) is 4.87. The predicted molar refractivity (Wildman–Crippen MR) is 62.2 cm³/mol. The summed E-state index contributed by atoms with van der Waals surface area (Å²) in [5.74, 6) is 1.36. The zero-order chi connectivity index (χ0) is 12.3. The number of nitrogens with zero attached hydrogens (tertiary/aromatic N) is 3. The van der Waals surface area contributed by atoms with E-state index in [9.17, 15) is 0 Å². The summed E-state index contributed by atoms with van der Waals surface area (Å²) in [5.41, 5.74) is 1.23. The number of hydrogen-bond donors (Lipinski definition) is 1. The third-order valence-electron chi connectivity index (χ3n) is 2.32. The first-order valence-corrected chi connectivity index (χ1v) is 5.23. The van der Waals surface area contributed by atoms with Gasteiger partial charge in [-0.05, 0) is 19.9 Å². The number of nitrogens with one attached hydrogen (secondary N) is 1. The zero-order valence-electron chi connectivity index (χ0n) is 9.64. The molecule has 0 radical (unpaired) electrons. The Hall–Kier alpha value is -2.35. The monoisotopic (exact) mass is 228 g/mol. The summed E-state index contributed by atoms with van der Waals surface area (Å²) in [5, 5.41) is 12.1. The number of hydrogen-bond acceptors (Lipinski definition) is 5. The van der Waals surface area contributed by atoms with Gasteiger partial charge in [0.1, 0.15) is 17.9 Å². The lowest BCUT2D eigenvalue weighted by Crippen LogP contribution is -2.08. The summed E-state index contributed by atoms with van der Waals surface area (Å²) < 4.78 is 5.41. The molecule has 1 atom stereocenters. The van der Waals surface area contributed by atoms with Gasteiger partial charge in [0.2, 0.25) is 5.89 Å². The lowest BCUT2D eigenvalue weighted by Gasteiger charge is -2.12. The minimum atomic E-state index is -0.111. The normalized spacial score (nSPS) is 11.8. The fourth-order valence-electron chi connectivity index (χ4n) is 1.47. The van der Waals surface area contributed by atoms with Gasteiger partial charge in [-0.3, -0.25) is 4.98 Å². The Morgan fingerprint density at radius 2 is 2.29 bits per heavy atom. The van der Waals surface area contributed by atoms with E-state index in [1.165, 1.54) is 0 Å². The van der Waals surface area contributed by atoms with Gasteiger partial charge in [0, 0.05) is 6.20 Å². The third-order valence-corrected chi connectivity index (χ3v) is 2.32. The van der Waals surface area contributed by atoms with Gasteiger partial charge in [0.05, 0.1) is 23.6 Å². The Kier molecular flexibility index (Phi) is 3.06.